The molecule has 6 nitrogen and oxygen atoms in total. The highest BCUT2D eigenvalue weighted by molar-refractivity contribution is 6.25. The molecule has 0 N–H and O–H groups in total. The number of para-hydroxylation sites is 1. The summed E-state index contributed by atoms with van der Waals surface area (Å²) in [7, 11) is 0. The summed E-state index contributed by atoms with van der Waals surface area (Å²) in [6.07, 6.45) is 3.49. The summed E-state index contributed by atoms with van der Waals surface area (Å²) in [6.45, 7) is 0. The molecule has 0 saturated carbocycles. The quantitative estimate of drug-likeness (QED) is 0.170. The Kier molecular flexibility index (Phi) is 7.03. The summed E-state index contributed by atoms with van der Waals surface area (Å²) in [5, 5.41) is 8.15. The van der Waals surface area contributed by atoms with Gasteiger partial charge < -0.3 is 0 Å². The number of aromatic nitrogens is 6. The van der Waals surface area contributed by atoms with Crippen LogP contribution in [-0.4, -0.2) is 29.9 Å². The highest BCUT2D eigenvalue weighted by Crippen LogP contribution is 2.42. The minimum Gasteiger partial charge on any atom is -0.253 e. The minimum atomic E-state index is 0.491. The third kappa shape index (κ3) is 5.13. The summed E-state index contributed by atoms with van der Waals surface area (Å²) in [4.78, 5) is 29.1. The zero-order chi connectivity index (χ0) is 34.4. The van der Waals surface area contributed by atoms with Crippen LogP contribution in [0.4, 0.5) is 0 Å². The van der Waals surface area contributed by atoms with E-state index >= 15 is 0 Å². The van der Waals surface area contributed by atoms with Gasteiger partial charge in [0.1, 0.15) is 11.4 Å². The fourth-order valence-corrected chi connectivity index (χ4v) is 7.16. The first-order chi connectivity index (χ1) is 25.8. The van der Waals surface area contributed by atoms with E-state index in [0.29, 0.717) is 28.9 Å². The van der Waals surface area contributed by atoms with Crippen molar-refractivity contribution in [2.45, 2.75) is 0 Å². The number of hydrogen-bond donors (Lipinski definition) is 0. The molecule has 4 heterocycles. The molecule has 0 bridgehead atoms. The SMILES string of the molecule is c1ccc(-c2nc(-c3cccc(-c4cc5c(-c6ccc7ccccc7c6)nc6ccccc6c5c5ccccc45)c3)nc(-c3ccccn3)n2)nc1. The van der Waals surface area contributed by atoms with Gasteiger partial charge in [0.2, 0.25) is 0 Å². The third-order valence-electron chi connectivity index (χ3n) is 9.58. The van der Waals surface area contributed by atoms with Crippen molar-refractivity contribution in [2.24, 2.45) is 0 Å². The maximum atomic E-state index is 5.33. The largest absolute Gasteiger partial charge is 0.253 e. The van der Waals surface area contributed by atoms with Gasteiger partial charge in [-0.05, 0) is 81.2 Å². The summed E-state index contributed by atoms with van der Waals surface area (Å²) >= 11 is 0. The Morgan fingerprint density at radius 3 is 1.73 bits per heavy atom. The van der Waals surface area contributed by atoms with Gasteiger partial charge in [-0.25, -0.2) is 19.9 Å². The van der Waals surface area contributed by atoms with Gasteiger partial charge in [0, 0.05) is 39.7 Å². The second-order valence-corrected chi connectivity index (χ2v) is 12.7. The second kappa shape index (κ2) is 12.3. The predicted octanol–water partition coefficient (Wildman–Crippen LogP) is 11.0. The van der Waals surface area contributed by atoms with Crippen LogP contribution in [0.5, 0.6) is 0 Å². The molecular formula is C46H28N6. The van der Waals surface area contributed by atoms with E-state index in [4.69, 9.17) is 19.9 Å². The zero-order valence-electron chi connectivity index (χ0n) is 27.8. The molecule has 0 aliphatic rings. The van der Waals surface area contributed by atoms with E-state index in [0.717, 1.165) is 49.6 Å². The van der Waals surface area contributed by atoms with Crippen LogP contribution >= 0.6 is 0 Å². The molecule has 0 aliphatic carbocycles. The van der Waals surface area contributed by atoms with Crippen molar-refractivity contribution in [2.75, 3.05) is 0 Å². The van der Waals surface area contributed by atoms with Crippen molar-refractivity contribution < 1.29 is 0 Å². The lowest BCUT2D eigenvalue weighted by Crippen LogP contribution is -2.01. The van der Waals surface area contributed by atoms with E-state index in [1.807, 2.05) is 42.5 Å². The Morgan fingerprint density at radius 2 is 0.981 bits per heavy atom. The van der Waals surface area contributed by atoms with E-state index in [-0.39, 0.29) is 0 Å². The molecule has 0 aliphatic heterocycles. The van der Waals surface area contributed by atoms with Crippen molar-refractivity contribution in [3.05, 3.63) is 170 Å². The lowest BCUT2D eigenvalue weighted by Gasteiger charge is -2.17. The van der Waals surface area contributed by atoms with E-state index in [2.05, 4.69) is 125 Å². The van der Waals surface area contributed by atoms with Crippen LogP contribution < -0.4 is 0 Å². The molecule has 242 valence electrons. The van der Waals surface area contributed by atoms with Gasteiger partial charge in [0.15, 0.2) is 17.5 Å². The fraction of sp³-hybridized carbons (Fsp3) is 0. The minimum absolute atomic E-state index is 0.491. The van der Waals surface area contributed by atoms with Gasteiger partial charge in [-0.15, -0.1) is 0 Å². The number of pyridine rings is 3. The van der Waals surface area contributed by atoms with Gasteiger partial charge in [0.25, 0.3) is 0 Å². The normalized spacial score (nSPS) is 11.5. The van der Waals surface area contributed by atoms with Crippen LogP contribution in [0.25, 0.3) is 100 Å². The van der Waals surface area contributed by atoms with Crippen LogP contribution in [0.3, 0.4) is 0 Å². The van der Waals surface area contributed by atoms with Crippen molar-refractivity contribution in [1.29, 1.82) is 0 Å². The summed E-state index contributed by atoms with van der Waals surface area (Å²) in [5.41, 5.74) is 7.37. The maximum Gasteiger partial charge on any atom is 0.182 e. The number of benzene rings is 6. The molecule has 0 unspecified atom stereocenters. The molecule has 0 radical (unpaired) electrons. The van der Waals surface area contributed by atoms with Crippen molar-refractivity contribution in [3.63, 3.8) is 0 Å². The topological polar surface area (TPSA) is 77.3 Å². The Bertz CT molecular complexity index is 2900. The van der Waals surface area contributed by atoms with Crippen LogP contribution in [0.2, 0.25) is 0 Å². The average Bonchev–Trinajstić information content (AvgIpc) is 3.23. The fourth-order valence-electron chi connectivity index (χ4n) is 7.16. The lowest BCUT2D eigenvalue weighted by molar-refractivity contribution is 1.05. The molecule has 0 spiro atoms. The van der Waals surface area contributed by atoms with Gasteiger partial charge in [-0.2, -0.15) is 0 Å². The molecule has 0 fully saturated rings. The van der Waals surface area contributed by atoms with Crippen molar-refractivity contribution in [1.82, 2.24) is 29.9 Å². The summed E-state index contributed by atoms with van der Waals surface area (Å²) < 4.78 is 0. The first-order valence-electron chi connectivity index (χ1n) is 17.2. The molecule has 10 rings (SSSR count). The molecule has 0 saturated heterocycles. The molecule has 10 aromatic rings. The summed E-state index contributed by atoms with van der Waals surface area (Å²) in [6, 6.07) is 54.4. The standard InChI is InChI=1S/C46H28N6/c1-2-13-30-26-32(23-22-29(30)12-1)43-38-28-37(34-16-3-4-17-35(34)42(38)36-18-5-6-19-39(36)49-43)31-14-11-15-33(27-31)44-50-45(40-20-7-9-24-47-40)52-46(51-44)41-21-8-10-25-48-41/h1-28H. The number of rotatable bonds is 5. The Labute approximate surface area is 299 Å². The van der Waals surface area contributed by atoms with Crippen LogP contribution in [0.1, 0.15) is 0 Å². The maximum absolute atomic E-state index is 5.33. The Balaban J connectivity index is 1.21. The van der Waals surface area contributed by atoms with Gasteiger partial charge in [-0.1, -0.05) is 109 Å². The molecule has 4 aromatic heterocycles. The van der Waals surface area contributed by atoms with E-state index in [1.165, 1.54) is 21.5 Å². The summed E-state index contributed by atoms with van der Waals surface area (Å²) in [5.74, 6) is 1.53. The van der Waals surface area contributed by atoms with Crippen molar-refractivity contribution >= 4 is 43.2 Å². The first kappa shape index (κ1) is 29.7. The van der Waals surface area contributed by atoms with Gasteiger partial charge in [-0.3, -0.25) is 9.97 Å². The second-order valence-electron chi connectivity index (χ2n) is 12.7. The predicted molar refractivity (Wildman–Crippen MR) is 210 cm³/mol. The highest BCUT2D eigenvalue weighted by Gasteiger charge is 2.18. The Morgan fingerprint density at radius 1 is 0.346 bits per heavy atom. The van der Waals surface area contributed by atoms with Gasteiger partial charge in [0.05, 0.1) is 11.2 Å². The average molecular weight is 665 g/mol. The molecular weight excluding hydrogens is 637 g/mol. The monoisotopic (exact) mass is 664 g/mol. The first-order valence-corrected chi connectivity index (χ1v) is 17.2. The third-order valence-corrected chi connectivity index (χ3v) is 9.58. The number of hydrogen-bond acceptors (Lipinski definition) is 6. The van der Waals surface area contributed by atoms with Gasteiger partial charge >= 0.3 is 0 Å². The molecule has 52 heavy (non-hydrogen) atoms. The van der Waals surface area contributed by atoms with Crippen LogP contribution in [-0.2, 0) is 0 Å². The highest BCUT2D eigenvalue weighted by atomic mass is 15.1. The van der Waals surface area contributed by atoms with Crippen molar-refractivity contribution in [3.8, 4) is 56.8 Å². The number of nitrogens with zero attached hydrogens (tertiary/aromatic N) is 6. The Hall–Kier alpha value is -7.18. The molecule has 0 atom stereocenters. The van der Waals surface area contributed by atoms with E-state index in [9.17, 15) is 0 Å². The lowest BCUT2D eigenvalue weighted by atomic mass is 9.89. The zero-order valence-corrected chi connectivity index (χ0v) is 27.8. The van der Waals surface area contributed by atoms with Crippen LogP contribution in [0, 0.1) is 0 Å². The number of fused-ring (bicyclic) bond motifs is 6. The smallest absolute Gasteiger partial charge is 0.182 e. The van der Waals surface area contributed by atoms with Crippen LogP contribution in [0.15, 0.2) is 170 Å². The molecule has 0 amide bonds. The van der Waals surface area contributed by atoms with E-state index < -0.39 is 0 Å². The molecule has 6 aromatic carbocycles. The van der Waals surface area contributed by atoms with E-state index in [1.54, 1.807) is 12.4 Å². The molecule has 6 heteroatoms.